The SMILES string of the molecule is C=CCOc1cc(Br)c(/C=C(/C#N)C(=O)Nc2ccc(OCC)cc2)cc1OC. The van der Waals surface area contributed by atoms with E-state index < -0.39 is 5.91 Å². The van der Waals surface area contributed by atoms with Crippen LogP contribution in [-0.4, -0.2) is 26.2 Å². The molecule has 0 aliphatic carbocycles. The van der Waals surface area contributed by atoms with E-state index in [4.69, 9.17) is 14.2 Å². The Balaban J connectivity index is 2.24. The molecule has 0 heterocycles. The van der Waals surface area contributed by atoms with Gasteiger partial charge in [0.25, 0.3) is 5.91 Å². The number of hydrogen-bond donors (Lipinski definition) is 1. The van der Waals surface area contributed by atoms with E-state index in [0.717, 1.165) is 0 Å². The lowest BCUT2D eigenvalue weighted by atomic mass is 10.1. The van der Waals surface area contributed by atoms with Gasteiger partial charge in [0.15, 0.2) is 11.5 Å². The number of rotatable bonds is 9. The molecule has 0 spiro atoms. The Kier molecular flexibility index (Phi) is 8.31. The Morgan fingerprint density at radius 1 is 1.24 bits per heavy atom. The predicted molar refractivity (Wildman–Crippen MR) is 116 cm³/mol. The highest BCUT2D eigenvalue weighted by Crippen LogP contribution is 2.34. The van der Waals surface area contributed by atoms with E-state index in [1.807, 2.05) is 13.0 Å². The number of ether oxygens (including phenoxy) is 3. The average molecular weight is 457 g/mol. The van der Waals surface area contributed by atoms with Crippen LogP contribution in [0.3, 0.4) is 0 Å². The first kappa shape index (κ1) is 22.1. The standard InChI is InChI=1S/C22H21BrN2O4/c1-4-10-29-21-13-19(23)15(12-20(21)27-3)11-16(14-24)22(26)25-17-6-8-18(9-7-17)28-5-2/h4,6-9,11-13H,1,5,10H2,2-3H3,(H,25,26)/b16-11-. The lowest BCUT2D eigenvalue weighted by Crippen LogP contribution is -2.13. The van der Waals surface area contributed by atoms with E-state index in [1.165, 1.54) is 13.2 Å². The van der Waals surface area contributed by atoms with Gasteiger partial charge in [-0.3, -0.25) is 4.79 Å². The van der Waals surface area contributed by atoms with Crippen molar-refractivity contribution in [2.45, 2.75) is 6.92 Å². The summed E-state index contributed by atoms with van der Waals surface area (Å²) in [5.41, 5.74) is 1.11. The molecule has 0 fully saturated rings. The second-order valence-electron chi connectivity index (χ2n) is 5.71. The molecule has 0 aliphatic rings. The van der Waals surface area contributed by atoms with Gasteiger partial charge >= 0.3 is 0 Å². The lowest BCUT2D eigenvalue weighted by molar-refractivity contribution is -0.112. The van der Waals surface area contributed by atoms with Gasteiger partial charge in [0, 0.05) is 10.2 Å². The van der Waals surface area contributed by atoms with Crippen molar-refractivity contribution < 1.29 is 19.0 Å². The first-order valence-electron chi connectivity index (χ1n) is 8.79. The molecule has 2 rings (SSSR count). The number of hydrogen-bond acceptors (Lipinski definition) is 5. The minimum atomic E-state index is -0.519. The van der Waals surface area contributed by atoms with E-state index in [2.05, 4.69) is 27.8 Å². The van der Waals surface area contributed by atoms with Gasteiger partial charge in [-0.1, -0.05) is 28.6 Å². The highest BCUT2D eigenvalue weighted by atomic mass is 79.9. The van der Waals surface area contributed by atoms with E-state index in [1.54, 1.807) is 42.5 Å². The van der Waals surface area contributed by atoms with Gasteiger partial charge < -0.3 is 19.5 Å². The number of carbonyl (C=O) groups is 1. The molecule has 0 saturated heterocycles. The zero-order chi connectivity index (χ0) is 21.2. The monoisotopic (exact) mass is 456 g/mol. The van der Waals surface area contributed by atoms with Crippen molar-refractivity contribution in [1.82, 2.24) is 0 Å². The fraction of sp³-hybridized carbons (Fsp3) is 0.182. The van der Waals surface area contributed by atoms with Crippen molar-refractivity contribution in [3.63, 3.8) is 0 Å². The third-order valence-electron chi connectivity index (χ3n) is 3.73. The molecule has 0 aliphatic heterocycles. The van der Waals surface area contributed by atoms with Crippen molar-refractivity contribution >= 4 is 33.6 Å². The fourth-order valence-corrected chi connectivity index (χ4v) is 2.82. The first-order chi connectivity index (χ1) is 14.0. The van der Waals surface area contributed by atoms with Crippen LogP contribution in [-0.2, 0) is 4.79 Å². The lowest BCUT2D eigenvalue weighted by Gasteiger charge is -2.12. The van der Waals surface area contributed by atoms with E-state index >= 15 is 0 Å². The van der Waals surface area contributed by atoms with Crippen LogP contribution in [0, 0.1) is 11.3 Å². The Morgan fingerprint density at radius 2 is 1.97 bits per heavy atom. The van der Waals surface area contributed by atoms with Crippen LogP contribution in [0.25, 0.3) is 6.08 Å². The topological polar surface area (TPSA) is 80.6 Å². The Hall–Kier alpha value is -3.24. The summed E-state index contributed by atoms with van der Waals surface area (Å²) >= 11 is 3.44. The summed E-state index contributed by atoms with van der Waals surface area (Å²) in [4.78, 5) is 12.5. The molecule has 0 radical (unpaired) electrons. The number of halogens is 1. The number of methoxy groups -OCH3 is 1. The second kappa shape index (κ2) is 10.9. The molecule has 150 valence electrons. The normalized spacial score (nSPS) is 10.6. The zero-order valence-electron chi connectivity index (χ0n) is 16.2. The second-order valence-corrected chi connectivity index (χ2v) is 6.56. The van der Waals surface area contributed by atoms with Gasteiger partial charge in [-0.2, -0.15) is 5.26 Å². The maximum absolute atomic E-state index is 12.5. The minimum Gasteiger partial charge on any atom is -0.494 e. The Labute approximate surface area is 178 Å². The molecule has 0 atom stereocenters. The molecule has 0 saturated carbocycles. The highest BCUT2D eigenvalue weighted by Gasteiger charge is 2.14. The molecule has 0 bridgehead atoms. The van der Waals surface area contributed by atoms with Crippen LogP contribution in [0.2, 0.25) is 0 Å². The van der Waals surface area contributed by atoms with Gasteiger partial charge in [0.1, 0.15) is 24.0 Å². The van der Waals surface area contributed by atoms with Gasteiger partial charge in [0.05, 0.1) is 13.7 Å². The minimum absolute atomic E-state index is 0.0543. The number of anilines is 1. The maximum atomic E-state index is 12.5. The fourth-order valence-electron chi connectivity index (χ4n) is 2.39. The molecular weight excluding hydrogens is 436 g/mol. The summed E-state index contributed by atoms with van der Waals surface area (Å²) < 4.78 is 16.9. The smallest absolute Gasteiger partial charge is 0.266 e. The van der Waals surface area contributed by atoms with Crippen molar-refractivity contribution in [1.29, 1.82) is 5.26 Å². The summed E-state index contributed by atoms with van der Waals surface area (Å²) in [6.45, 7) is 6.39. The first-order valence-corrected chi connectivity index (χ1v) is 9.58. The van der Waals surface area contributed by atoms with Crippen LogP contribution in [0.1, 0.15) is 12.5 Å². The summed E-state index contributed by atoms with van der Waals surface area (Å²) in [7, 11) is 1.52. The van der Waals surface area contributed by atoms with Gasteiger partial charge in [-0.25, -0.2) is 0 Å². The molecule has 1 N–H and O–H groups in total. The molecule has 0 unspecified atom stereocenters. The van der Waals surface area contributed by atoms with E-state index in [9.17, 15) is 10.1 Å². The van der Waals surface area contributed by atoms with Gasteiger partial charge in [-0.05, 0) is 55.0 Å². The summed E-state index contributed by atoms with van der Waals surface area (Å²) in [5, 5.41) is 12.2. The van der Waals surface area contributed by atoms with Crippen molar-refractivity contribution in [2.75, 3.05) is 25.6 Å². The van der Waals surface area contributed by atoms with Crippen LogP contribution in [0.15, 0.2) is 59.1 Å². The molecular formula is C22H21BrN2O4. The van der Waals surface area contributed by atoms with Gasteiger partial charge in [0.2, 0.25) is 0 Å². The quantitative estimate of drug-likeness (QED) is 0.327. The third kappa shape index (κ3) is 6.13. The Morgan fingerprint density at radius 3 is 2.55 bits per heavy atom. The van der Waals surface area contributed by atoms with Crippen molar-refractivity contribution in [2.24, 2.45) is 0 Å². The molecule has 29 heavy (non-hydrogen) atoms. The van der Waals surface area contributed by atoms with Crippen molar-refractivity contribution in [3.8, 4) is 23.3 Å². The van der Waals surface area contributed by atoms with Crippen LogP contribution in [0.5, 0.6) is 17.2 Å². The number of nitriles is 1. The number of carbonyl (C=O) groups excluding carboxylic acids is 1. The number of nitrogens with one attached hydrogen (secondary N) is 1. The summed E-state index contributed by atoms with van der Waals surface area (Å²) in [5.74, 6) is 1.19. The van der Waals surface area contributed by atoms with E-state index in [0.29, 0.717) is 46.2 Å². The molecule has 2 aromatic carbocycles. The van der Waals surface area contributed by atoms with Gasteiger partial charge in [-0.15, -0.1) is 0 Å². The summed E-state index contributed by atoms with van der Waals surface area (Å²) in [6.07, 6.45) is 3.11. The summed E-state index contributed by atoms with van der Waals surface area (Å²) in [6, 6.07) is 12.3. The number of nitrogens with zero attached hydrogens (tertiary/aromatic N) is 1. The van der Waals surface area contributed by atoms with E-state index in [-0.39, 0.29) is 5.57 Å². The predicted octanol–water partition coefficient (Wildman–Crippen LogP) is 4.97. The van der Waals surface area contributed by atoms with Crippen molar-refractivity contribution in [3.05, 3.63) is 64.7 Å². The molecule has 6 nitrogen and oxygen atoms in total. The van der Waals surface area contributed by atoms with Crippen LogP contribution < -0.4 is 19.5 Å². The number of benzene rings is 2. The van der Waals surface area contributed by atoms with Crippen LogP contribution >= 0.6 is 15.9 Å². The van der Waals surface area contributed by atoms with Crippen LogP contribution in [0.4, 0.5) is 5.69 Å². The third-order valence-corrected chi connectivity index (χ3v) is 4.41. The Bertz CT molecular complexity index is 947. The molecule has 1 amide bonds. The molecule has 0 aromatic heterocycles. The molecule has 2 aromatic rings. The average Bonchev–Trinajstić information content (AvgIpc) is 2.72. The number of amides is 1. The zero-order valence-corrected chi connectivity index (χ0v) is 17.8. The maximum Gasteiger partial charge on any atom is 0.266 e. The largest absolute Gasteiger partial charge is 0.494 e. The molecule has 7 heteroatoms. The highest BCUT2D eigenvalue weighted by molar-refractivity contribution is 9.10.